The SMILES string of the molecule is CCC(=O)c1ccc(OC(C)C(=O)N(CC)CC)cc1. The number of likely N-dealkylation sites (N-methyl/N-ethyl adjacent to an activating group) is 1. The summed E-state index contributed by atoms with van der Waals surface area (Å²) in [6.45, 7) is 8.81. The Morgan fingerprint density at radius 3 is 2.10 bits per heavy atom. The van der Waals surface area contributed by atoms with Crippen molar-refractivity contribution < 1.29 is 14.3 Å². The van der Waals surface area contributed by atoms with Gasteiger partial charge in [-0.3, -0.25) is 9.59 Å². The van der Waals surface area contributed by atoms with Crippen LogP contribution in [-0.2, 0) is 4.79 Å². The van der Waals surface area contributed by atoms with Crippen molar-refractivity contribution in [3.63, 3.8) is 0 Å². The molecule has 4 nitrogen and oxygen atoms in total. The Morgan fingerprint density at radius 1 is 1.10 bits per heavy atom. The molecule has 0 radical (unpaired) electrons. The molecule has 1 rings (SSSR count). The molecule has 20 heavy (non-hydrogen) atoms. The molecular formula is C16H23NO3. The quantitative estimate of drug-likeness (QED) is 0.720. The molecule has 1 atom stereocenters. The number of hydrogen-bond acceptors (Lipinski definition) is 3. The fourth-order valence-corrected chi connectivity index (χ4v) is 1.97. The Hall–Kier alpha value is -1.84. The van der Waals surface area contributed by atoms with Gasteiger partial charge in [0.05, 0.1) is 0 Å². The van der Waals surface area contributed by atoms with E-state index in [9.17, 15) is 9.59 Å². The predicted molar refractivity (Wildman–Crippen MR) is 79.1 cm³/mol. The first-order valence-electron chi connectivity index (χ1n) is 7.12. The summed E-state index contributed by atoms with van der Waals surface area (Å²) in [5.41, 5.74) is 0.669. The van der Waals surface area contributed by atoms with Gasteiger partial charge >= 0.3 is 0 Å². The predicted octanol–water partition coefficient (Wildman–Crippen LogP) is 2.92. The molecule has 110 valence electrons. The fourth-order valence-electron chi connectivity index (χ4n) is 1.97. The molecule has 4 heteroatoms. The van der Waals surface area contributed by atoms with Crippen LogP contribution in [0.3, 0.4) is 0 Å². The van der Waals surface area contributed by atoms with Crippen LogP contribution in [0.4, 0.5) is 0 Å². The Bertz CT molecular complexity index is 449. The molecular weight excluding hydrogens is 254 g/mol. The maximum Gasteiger partial charge on any atom is 0.263 e. The minimum atomic E-state index is -0.525. The van der Waals surface area contributed by atoms with Crippen LogP contribution in [-0.4, -0.2) is 35.8 Å². The number of rotatable bonds is 7. The average Bonchev–Trinajstić information content (AvgIpc) is 2.48. The number of hydrogen-bond donors (Lipinski definition) is 0. The van der Waals surface area contributed by atoms with E-state index in [0.29, 0.717) is 30.8 Å². The first kappa shape index (κ1) is 16.2. The van der Waals surface area contributed by atoms with Gasteiger partial charge in [0.15, 0.2) is 11.9 Å². The van der Waals surface area contributed by atoms with Crippen molar-refractivity contribution in [1.82, 2.24) is 4.90 Å². The number of ketones is 1. The van der Waals surface area contributed by atoms with Gasteiger partial charge in [0.25, 0.3) is 5.91 Å². The van der Waals surface area contributed by atoms with Gasteiger partial charge in [-0.05, 0) is 45.0 Å². The maximum atomic E-state index is 12.1. The second-order valence-corrected chi connectivity index (χ2v) is 4.57. The van der Waals surface area contributed by atoms with Crippen molar-refractivity contribution in [3.05, 3.63) is 29.8 Å². The zero-order chi connectivity index (χ0) is 15.1. The van der Waals surface area contributed by atoms with Crippen LogP contribution in [0.15, 0.2) is 24.3 Å². The maximum absolute atomic E-state index is 12.1. The van der Waals surface area contributed by atoms with Crippen LogP contribution < -0.4 is 4.74 Å². The van der Waals surface area contributed by atoms with Crippen molar-refractivity contribution in [1.29, 1.82) is 0 Å². The van der Waals surface area contributed by atoms with Crippen LogP contribution in [0.1, 0.15) is 44.5 Å². The number of carbonyl (C=O) groups is 2. The third kappa shape index (κ3) is 4.08. The first-order chi connectivity index (χ1) is 9.53. The number of amides is 1. The molecule has 1 unspecified atom stereocenters. The van der Waals surface area contributed by atoms with Gasteiger partial charge in [-0.1, -0.05) is 6.92 Å². The lowest BCUT2D eigenvalue weighted by Crippen LogP contribution is -2.40. The third-order valence-corrected chi connectivity index (χ3v) is 3.23. The summed E-state index contributed by atoms with van der Waals surface area (Å²) in [4.78, 5) is 25.3. The molecule has 0 aromatic heterocycles. The molecule has 0 heterocycles. The summed E-state index contributed by atoms with van der Waals surface area (Å²) < 4.78 is 5.63. The van der Waals surface area contributed by atoms with Gasteiger partial charge in [0.1, 0.15) is 5.75 Å². The summed E-state index contributed by atoms with van der Waals surface area (Å²) in [7, 11) is 0. The van der Waals surface area contributed by atoms with Crippen LogP contribution >= 0.6 is 0 Å². The summed E-state index contributed by atoms with van der Waals surface area (Å²) in [5, 5.41) is 0. The van der Waals surface area contributed by atoms with Gasteiger partial charge in [0, 0.05) is 25.1 Å². The Labute approximate surface area is 120 Å². The number of carbonyl (C=O) groups excluding carboxylic acids is 2. The van der Waals surface area contributed by atoms with E-state index >= 15 is 0 Å². The van der Waals surface area contributed by atoms with Gasteiger partial charge in [-0.15, -0.1) is 0 Å². The van der Waals surface area contributed by atoms with E-state index in [2.05, 4.69) is 0 Å². The third-order valence-electron chi connectivity index (χ3n) is 3.23. The smallest absolute Gasteiger partial charge is 0.263 e. The van der Waals surface area contributed by atoms with Gasteiger partial charge in [0.2, 0.25) is 0 Å². The summed E-state index contributed by atoms with van der Waals surface area (Å²) in [6.07, 6.45) is -0.0422. The fraction of sp³-hybridized carbons (Fsp3) is 0.500. The lowest BCUT2D eigenvalue weighted by atomic mass is 10.1. The number of ether oxygens (including phenoxy) is 1. The second kappa shape index (κ2) is 7.68. The first-order valence-corrected chi connectivity index (χ1v) is 7.12. The zero-order valence-corrected chi connectivity index (χ0v) is 12.7. The van der Waals surface area contributed by atoms with E-state index in [1.165, 1.54) is 0 Å². The molecule has 1 aromatic rings. The lowest BCUT2D eigenvalue weighted by molar-refractivity contribution is -0.137. The van der Waals surface area contributed by atoms with E-state index < -0.39 is 6.10 Å². The molecule has 0 N–H and O–H groups in total. The Kier molecular flexibility index (Phi) is 6.22. The van der Waals surface area contributed by atoms with E-state index in [0.717, 1.165) is 0 Å². The number of Topliss-reactive ketones (excluding diaryl/α,β-unsaturated/α-hetero) is 1. The van der Waals surface area contributed by atoms with Crippen LogP contribution in [0.25, 0.3) is 0 Å². The van der Waals surface area contributed by atoms with Crippen molar-refractivity contribution >= 4 is 11.7 Å². The van der Waals surface area contributed by atoms with Crippen molar-refractivity contribution in [3.8, 4) is 5.75 Å². The minimum absolute atomic E-state index is 0.0243. The minimum Gasteiger partial charge on any atom is -0.481 e. The van der Waals surface area contributed by atoms with Crippen molar-refractivity contribution in [2.45, 2.75) is 40.2 Å². The highest BCUT2D eigenvalue weighted by molar-refractivity contribution is 5.95. The molecule has 0 fully saturated rings. The van der Waals surface area contributed by atoms with Crippen molar-refractivity contribution in [2.24, 2.45) is 0 Å². The Morgan fingerprint density at radius 2 is 1.65 bits per heavy atom. The van der Waals surface area contributed by atoms with E-state index in [-0.39, 0.29) is 11.7 Å². The monoisotopic (exact) mass is 277 g/mol. The highest BCUT2D eigenvalue weighted by atomic mass is 16.5. The standard InChI is InChI=1S/C16H23NO3/c1-5-15(18)13-8-10-14(11-9-13)20-12(4)16(19)17(6-2)7-3/h8-12H,5-7H2,1-4H3. The molecule has 0 bridgehead atoms. The summed E-state index contributed by atoms with van der Waals surface area (Å²) in [6, 6.07) is 6.93. The molecule has 0 saturated carbocycles. The summed E-state index contributed by atoms with van der Waals surface area (Å²) in [5.74, 6) is 0.679. The van der Waals surface area contributed by atoms with Crippen LogP contribution in [0.5, 0.6) is 5.75 Å². The van der Waals surface area contributed by atoms with Crippen LogP contribution in [0, 0.1) is 0 Å². The van der Waals surface area contributed by atoms with E-state index in [4.69, 9.17) is 4.74 Å². The average molecular weight is 277 g/mol. The van der Waals surface area contributed by atoms with Gasteiger partial charge < -0.3 is 9.64 Å². The second-order valence-electron chi connectivity index (χ2n) is 4.57. The summed E-state index contributed by atoms with van der Waals surface area (Å²) >= 11 is 0. The van der Waals surface area contributed by atoms with E-state index in [1.54, 1.807) is 36.1 Å². The largest absolute Gasteiger partial charge is 0.481 e. The Balaban J connectivity index is 2.69. The van der Waals surface area contributed by atoms with Crippen LogP contribution in [0.2, 0.25) is 0 Å². The molecule has 1 aromatic carbocycles. The molecule has 0 saturated heterocycles. The molecule has 0 aliphatic carbocycles. The van der Waals surface area contributed by atoms with Crippen molar-refractivity contribution in [2.75, 3.05) is 13.1 Å². The number of nitrogens with zero attached hydrogens (tertiary/aromatic N) is 1. The van der Waals surface area contributed by atoms with Gasteiger partial charge in [-0.25, -0.2) is 0 Å². The topological polar surface area (TPSA) is 46.6 Å². The van der Waals surface area contributed by atoms with Gasteiger partial charge in [-0.2, -0.15) is 0 Å². The normalized spacial score (nSPS) is 11.8. The molecule has 0 aliphatic heterocycles. The highest BCUT2D eigenvalue weighted by Crippen LogP contribution is 2.15. The molecule has 1 amide bonds. The van der Waals surface area contributed by atoms with E-state index in [1.807, 2.05) is 20.8 Å². The number of benzene rings is 1. The molecule has 0 aliphatic rings. The lowest BCUT2D eigenvalue weighted by Gasteiger charge is -2.23. The molecule has 0 spiro atoms. The highest BCUT2D eigenvalue weighted by Gasteiger charge is 2.19. The zero-order valence-electron chi connectivity index (χ0n) is 12.7.